The van der Waals surface area contributed by atoms with Gasteiger partial charge in [0.1, 0.15) is 0 Å². The lowest BCUT2D eigenvalue weighted by atomic mass is 10.1. The summed E-state index contributed by atoms with van der Waals surface area (Å²) < 4.78 is 0. The standard InChI is InChI=1S/C15H24OS/c1-13(2)11-17-12-15(16)10-6-9-14-7-4-3-5-8-14/h3-5,7-8,13,15-16H,6,9-12H2,1-2H3. The van der Waals surface area contributed by atoms with E-state index < -0.39 is 0 Å². The average Bonchev–Trinajstić information content (AvgIpc) is 2.30. The molecule has 0 saturated carbocycles. The fourth-order valence-corrected chi connectivity index (χ4v) is 2.76. The Labute approximate surface area is 110 Å². The molecule has 1 rings (SSSR count). The Hall–Kier alpha value is -0.470. The first-order valence-corrected chi connectivity index (χ1v) is 7.63. The molecule has 0 aromatic heterocycles. The second-order valence-corrected chi connectivity index (χ2v) is 6.04. The molecule has 1 aromatic rings. The molecule has 0 fully saturated rings. The second kappa shape index (κ2) is 8.60. The minimum atomic E-state index is -0.137. The van der Waals surface area contributed by atoms with Crippen LogP contribution in [0, 0.1) is 5.92 Å². The Morgan fingerprint density at radius 1 is 1.12 bits per heavy atom. The van der Waals surface area contributed by atoms with E-state index in [1.807, 2.05) is 17.8 Å². The van der Waals surface area contributed by atoms with Crippen molar-refractivity contribution in [3.63, 3.8) is 0 Å². The van der Waals surface area contributed by atoms with E-state index in [0.717, 1.165) is 36.7 Å². The lowest BCUT2D eigenvalue weighted by Crippen LogP contribution is -2.11. The zero-order valence-corrected chi connectivity index (χ0v) is 11.7. The maximum absolute atomic E-state index is 9.82. The largest absolute Gasteiger partial charge is 0.392 e. The van der Waals surface area contributed by atoms with Crippen molar-refractivity contribution in [2.75, 3.05) is 11.5 Å². The Bertz CT molecular complexity index is 284. The Morgan fingerprint density at radius 3 is 2.47 bits per heavy atom. The number of hydrogen-bond donors (Lipinski definition) is 1. The van der Waals surface area contributed by atoms with Gasteiger partial charge in [-0.15, -0.1) is 0 Å². The number of benzene rings is 1. The summed E-state index contributed by atoms with van der Waals surface area (Å²) in [5.41, 5.74) is 1.37. The molecule has 1 aromatic carbocycles. The van der Waals surface area contributed by atoms with Gasteiger partial charge in [-0.3, -0.25) is 0 Å². The maximum atomic E-state index is 9.82. The van der Waals surface area contributed by atoms with Crippen molar-refractivity contribution in [1.82, 2.24) is 0 Å². The number of aliphatic hydroxyl groups is 1. The van der Waals surface area contributed by atoms with Crippen molar-refractivity contribution in [3.05, 3.63) is 35.9 Å². The van der Waals surface area contributed by atoms with Crippen molar-refractivity contribution in [1.29, 1.82) is 0 Å². The summed E-state index contributed by atoms with van der Waals surface area (Å²) in [7, 11) is 0. The van der Waals surface area contributed by atoms with Gasteiger partial charge in [0.25, 0.3) is 0 Å². The first kappa shape index (κ1) is 14.6. The third-order valence-corrected chi connectivity index (χ3v) is 4.13. The average molecular weight is 252 g/mol. The lowest BCUT2D eigenvalue weighted by Gasteiger charge is -2.11. The van der Waals surface area contributed by atoms with Crippen LogP contribution in [-0.2, 0) is 6.42 Å². The van der Waals surface area contributed by atoms with Crippen LogP contribution in [0.15, 0.2) is 30.3 Å². The first-order valence-electron chi connectivity index (χ1n) is 6.48. The van der Waals surface area contributed by atoms with Gasteiger partial charge in [0.15, 0.2) is 0 Å². The van der Waals surface area contributed by atoms with E-state index in [0.29, 0.717) is 0 Å². The van der Waals surface area contributed by atoms with Gasteiger partial charge in [0, 0.05) is 5.75 Å². The smallest absolute Gasteiger partial charge is 0.0630 e. The van der Waals surface area contributed by atoms with Crippen LogP contribution in [0.5, 0.6) is 0 Å². The minimum Gasteiger partial charge on any atom is -0.392 e. The molecule has 0 saturated heterocycles. The SMILES string of the molecule is CC(C)CSCC(O)CCCc1ccccc1. The Morgan fingerprint density at radius 2 is 1.82 bits per heavy atom. The molecular weight excluding hydrogens is 228 g/mol. The number of hydrogen-bond acceptors (Lipinski definition) is 2. The van der Waals surface area contributed by atoms with E-state index in [1.54, 1.807) is 0 Å². The maximum Gasteiger partial charge on any atom is 0.0630 e. The van der Waals surface area contributed by atoms with Gasteiger partial charge in [0.05, 0.1) is 6.10 Å². The predicted molar refractivity (Wildman–Crippen MR) is 77.5 cm³/mol. The van der Waals surface area contributed by atoms with E-state index in [4.69, 9.17) is 0 Å². The van der Waals surface area contributed by atoms with Gasteiger partial charge >= 0.3 is 0 Å². The Balaban J connectivity index is 2.06. The molecule has 0 aliphatic rings. The van der Waals surface area contributed by atoms with Gasteiger partial charge in [-0.2, -0.15) is 11.8 Å². The highest BCUT2D eigenvalue weighted by Crippen LogP contribution is 2.13. The Kier molecular flexibility index (Phi) is 7.38. The monoisotopic (exact) mass is 252 g/mol. The highest BCUT2D eigenvalue weighted by molar-refractivity contribution is 7.99. The molecule has 0 aliphatic carbocycles. The molecule has 0 heterocycles. The molecule has 0 amide bonds. The van der Waals surface area contributed by atoms with E-state index in [9.17, 15) is 5.11 Å². The number of thioether (sulfide) groups is 1. The zero-order valence-electron chi connectivity index (χ0n) is 10.9. The normalized spacial score (nSPS) is 12.9. The van der Waals surface area contributed by atoms with Gasteiger partial charge in [-0.05, 0) is 36.5 Å². The van der Waals surface area contributed by atoms with Crippen LogP contribution in [-0.4, -0.2) is 22.7 Å². The molecule has 17 heavy (non-hydrogen) atoms. The van der Waals surface area contributed by atoms with E-state index in [1.165, 1.54) is 5.56 Å². The molecule has 0 radical (unpaired) electrons. The molecule has 1 nitrogen and oxygen atoms in total. The predicted octanol–water partition coefficient (Wildman–Crippen LogP) is 3.76. The van der Waals surface area contributed by atoms with Crippen LogP contribution < -0.4 is 0 Å². The van der Waals surface area contributed by atoms with Crippen LogP contribution in [0.25, 0.3) is 0 Å². The van der Waals surface area contributed by atoms with E-state index in [2.05, 4.69) is 38.1 Å². The highest BCUT2D eigenvalue weighted by atomic mass is 32.2. The minimum absolute atomic E-state index is 0.137. The first-order chi connectivity index (χ1) is 8.18. The van der Waals surface area contributed by atoms with Gasteiger partial charge < -0.3 is 5.11 Å². The van der Waals surface area contributed by atoms with Crippen LogP contribution in [0.1, 0.15) is 32.3 Å². The fourth-order valence-electron chi connectivity index (χ4n) is 1.71. The second-order valence-electron chi connectivity index (χ2n) is 4.96. The van der Waals surface area contributed by atoms with Crippen LogP contribution in [0.3, 0.4) is 0 Å². The van der Waals surface area contributed by atoms with Crippen molar-refractivity contribution in [2.45, 2.75) is 39.2 Å². The summed E-state index contributed by atoms with van der Waals surface area (Å²) >= 11 is 1.87. The molecule has 1 N–H and O–H groups in total. The highest BCUT2D eigenvalue weighted by Gasteiger charge is 2.05. The van der Waals surface area contributed by atoms with Crippen molar-refractivity contribution in [2.24, 2.45) is 5.92 Å². The van der Waals surface area contributed by atoms with E-state index >= 15 is 0 Å². The van der Waals surface area contributed by atoms with Crippen LogP contribution in [0.4, 0.5) is 0 Å². The summed E-state index contributed by atoms with van der Waals surface area (Å²) in [5, 5.41) is 9.82. The van der Waals surface area contributed by atoms with Crippen LogP contribution >= 0.6 is 11.8 Å². The third-order valence-electron chi connectivity index (χ3n) is 2.61. The molecule has 0 bridgehead atoms. The van der Waals surface area contributed by atoms with Crippen molar-refractivity contribution in [3.8, 4) is 0 Å². The molecular formula is C15H24OS. The molecule has 0 aliphatic heterocycles. The molecule has 0 spiro atoms. The van der Waals surface area contributed by atoms with Crippen molar-refractivity contribution >= 4 is 11.8 Å². The number of rotatable bonds is 8. The van der Waals surface area contributed by atoms with Crippen molar-refractivity contribution < 1.29 is 5.11 Å². The topological polar surface area (TPSA) is 20.2 Å². The van der Waals surface area contributed by atoms with Gasteiger partial charge in [-0.25, -0.2) is 0 Å². The number of aliphatic hydroxyl groups excluding tert-OH is 1. The fraction of sp³-hybridized carbons (Fsp3) is 0.600. The van der Waals surface area contributed by atoms with Crippen LogP contribution in [0.2, 0.25) is 0 Å². The molecule has 2 heteroatoms. The summed E-state index contributed by atoms with van der Waals surface area (Å²) in [6.45, 7) is 4.43. The van der Waals surface area contributed by atoms with Gasteiger partial charge in [-0.1, -0.05) is 44.2 Å². The molecule has 96 valence electrons. The molecule has 1 unspecified atom stereocenters. The van der Waals surface area contributed by atoms with Gasteiger partial charge in [0.2, 0.25) is 0 Å². The molecule has 1 atom stereocenters. The summed E-state index contributed by atoms with van der Waals surface area (Å²) in [6, 6.07) is 10.5. The summed E-state index contributed by atoms with van der Waals surface area (Å²) in [4.78, 5) is 0. The summed E-state index contributed by atoms with van der Waals surface area (Å²) in [6.07, 6.45) is 2.93. The van der Waals surface area contributed by atoms with E-state index in [-0.39, 0.29) is 6.10 Å². The zero-order chi connectivity index (χ0) is 12.5. The lowest BCUT2D eigenvalue weighted by molar-refractivity contribution is 0.186. The summed E-state index contributed by atoms with van der Waals surface area (Å²) in [5.74, 6) is 2.75. The number of aryl methyl sites for hydroxylation is 1. The third kappa shape index (κ3) is 7.45. The quantitative estimate of drug-likeness (QED) is 0.760.